The number of nitrogens with two attached hydrogens (primary N) is 1. The lowest BCUT2D eigenvalue weighted by Crippen LogP contribution is -2.14. The number of aryl methyl sites for hydroxylation is 2. The summed E-state index contributed by atoms with van der Waals surface area (Å²) in [5, 5.41) is 2.83. The molecule has 0 radical (unpaired) electrons. The molecular weight excluding hydrogens is 404 g/mol. The highest BCUT2D eigenvalue weighted by molar-refractivity contribution is 6.04. The van der Waals surface area contributed by atoms with Gasteiger partial charge in [0.2, 0.25) is 5.91 Å². The highest BCUT2D eigenvalue weighted by Gasteiger charge is 2.13. The third-order valence-electron chi connectivity index (χ3n) is 5.20. The number of hydrogen-bond donors (Lipinski definition) is 2. The van der Waals surface area contributed by atoms with Crippen molar-refractivity contribution in [3.05, 3.63) is 88.0 Å². The molecule has 0 unspecified atom stereocenters. The van der Waals surface area contributed by atoms with Crippen molar-refractivity contribution in [3.63, 3.8) is 0 Å². The summed E-state index contributed by atoms with van der Waals surface area (Å²) >= 11 is 0. The van der Waals surface area contributed by atoms with Gasteiger partial charge in [-0.05, 0) is 92.9 Å². The molecule has 0 fully saturated rings. The van der Waals surface area contributed by atoms with E-state index in [9.17, 15) is 9.59 Å². The molecule has 0 heterocycles. The van der Waals surface area contributed by atoms with E-state index in [0.717, 1.165) is 22.4 Å². The van der Waals surface area contributed by atoms with Crippen molar-refractivity contribution in [2.45, 2.75) is 34.3 Å². The van der Waals surface area contributed by atoms with E-state index in [-0.39, 0.29) is 12.5 Å². The van der Waals surface area contributed by atoms with Gasteiger partial charge in [-0.25, -0.2) is 0 Å². The van der Waals surface area contributed by atoms with E-state index >= 15 is 0 Å². The van der Waals surface area contributed by atoms with Crippen LogP contribution in [0.3, 0.4) is 0 Å². The zero-order valence-corrected chi connectivity index (χ0v) is 18.8. The summed E-state index contributed by atoms with van der Waals surface area (Å²) in [5.41, 5.74) is 10.8. The summed E-state index contributed by atoms with van der Waals surface area (Å²) in [4.78, 5) is 24.0. The first-order valence-electron chi connectivity index (χ1n) is 10.5. The normalized spacial score (nSPS) is 10.5. The highest BCUT2D eigenvalue weighted by Crippen LogP contribution is 2.27. The maximum atomic E-state index is 12.8. The van der Waals surface area contributed by atoms with Crippen LogP contribution in [0.1, 0.15) is 49.9 Å². The zero-order valence-electron chi connectivity index (χ0n) is 18.8. The Balaban J connectivity index is 1.80. The van der Waals surface area contributed by atoms with Crippen molar-refractivity contribution in [1.29, 1.82) is 0 Å². The molecule has 2 amide bonds. The van der Waals surface area contributed by atoms with Crippen LogP contribution in [0.25, 0.3) is 0 Å². The second-order valence-corrected chi connectivity index (χ2v) is 7.64. The molecule has 3 aromatic rings. The van der Waals surface area contributed by atoms with Crippen LogP contribution in [-0.4, -0.2) is 18.4 Å². The van der Waals surface area contributed by atoms with E-state index in [2.05, 4.69) is 18.3 Å². The lowest BCUT2D eigenvalue weighted by molar-refractivity contribution is 0.0998. The largest absolute Gasteiger partial charge is 0.493 e. The van der Waals surface area contributed by atoms with Gasteiger partial charge in [-0.3, -0.25) is 9.59 Å². The minimum Gasteiger partial charge on any atom is -0.493 e. The van der Waals surface area contributed by atoms with Crippen molar-refractivity contribution in [2.24, 2.45) is 5.73 Å². The van der Waals surface area contributed by atoms with Gasteiger partial charge in [0.1, 0.15) is 18.1 Å². The number of carbonyl (C=O) groups is 2. The van der Waals surface area contributed by atoms with Gasteiger partial charge in [0.15, 0.2) is 0 Å². The fourth-order valence-electron chi connectivity index (χ4n) is 3.36. The molecule has 0 aliphatic heterocycles. The molecule has 3 rings (SSSR count). The number of amides is 2. The first-order chi connectivity index (χ1) is 15.3. The van der Waals surface area contributed by atoms with Crippen molar-refractivity contribution in [1.82, 2.24) is 0 Å². The van der Waals surface area contributed by atoms with Crippen molar-refractivity contribution in [2.75, 3.05) is 11.9 Å². The fraction of sp³-hybridized carbons (Fsp3) is 0.231. The summed E-state index contributed by atoms with van der Waals surface area (Å²) in [6, 6.07) is 15.8. The standard InChI is InChI=1S/C26H28N2O4/c1-5-31-23-11-8-20(26(30)28-22-9-6-19(7-10-22)25(27)29)14-21(23)15-32-24-13-16(2)12-17(3)18(24)4/h6-14H,5,15H2,1-4H3,(H2,27,29)(H,28,30). The maximum absolute atomic E-state index is 12.8. The van der Waals surface area contributed by atoms with E-state index in [1.54, 1.807) is 42.5 Å². The predicted molar refractivity (Wildman–Crippen MR) is 126 cm³/mol. The summed E-state index contributed by atoms with van der Waals surface area (Å²) < 4.78 is 11.8. The fourth-order valence-corrected chi connectivity index (χ4v) is 3.36. The van der Waals surface area contributed by atoms with Gasteiger partial charge in [-0.15, -0.1) is 0 Å². The molecule has 6 heteroatoms. The van der Waals surface area contributed by atoms with Crippen molar-refractivity contribution < 1.29 is 19.1 Å². The maximum Gasteiger partial charge on any atom is 0.255 e. The van der Waals surface area contributed by atoms with E-state index in [0.29, 0.717) is 29.2 Å². The van der Waals surface area contributed by atoms with Crippen molar-refractivity contribution in [3.8, 4) is 11.5 Å². The lowest BCUT2D eigenvalue weighted by Gasteiger charge is -2.16. The van der Waals surface area contributed by atoms with Gasteiger partial charge >= 0.3 is 0 Å². The van der Waals surface area contributed by atoms with Crippen molar-refractivity contribution >= 4 is 17.5 Å². The Labute approximate surface area is 188 Å². The number of carbonyl (C=O) groups excluding carboxylic acids is 2. The van der Waals surface area contributed by atoms with Gasteiger partial charge in [-0.1, -0.05) is 6.07 Å². The third-order valence-corrected chi connectivity index (χ3v) is 5.20. The second-order valence-electron chi connectivity index (χ2n) is 7.64. The van der Waals surface area contributed by atoms with Gasteiger partial charge in [0.05, 0.1) is 6.61 Å². The van der Waals surface area contributed by atoms with Gasteiger partial charge < -0.3 is 20.5 Å². The topological polar surface area (TPSA) is 90.6 Å². The molecule has 166 valence electrons. The Morgan fingerprint density at radius 2 is 1.56 bits per heavy atom. The average molecular weight is 433 g/mol. The van der Waals surface area contributed by atoms with Gasteiger partial charge in [-0.2, -0.15) is 0 Å². The summed E-state index contributed by atoms with van der Waals surface area (Å²) in [6.45, 7) is 8.81. The van der Waals surface area contributed by atoms with E-state index in [1.807, 2.05) is 26.8 Å². The van der Waals surface area contributed by atoms with E-state index in [1.165, 1.54) is 5.56 Å². The van der Waals surface area contributed by atoms with Crippen LogP contribution in [0.15, 0.2) is 54.6 Å². The number of anilines is 1. The second kappa shape index (κ2) is 10.0. The van der Waals surface area contributed by atoms with Crippen LogP contribution in [0.4, 0.5) is 5.69 Å². The highest BCUT2D eigenvalue weighted by atomic mass is 16.5. The molecule has 0 aliphatic rings. The Hall–Kier alpha value is -3.80. The number of benzene rings is 3. The molecule has 0 aromatic heterocycles. The van der Waals surface area contributed by atoms with E-state index < -0.39 is 5.91 Å². The molecule has 0 saturated heterocycles. The van der Waals surface area contributed by atoms with Crippen LogP contribution in [0, 0.1) is 20.8 Å². The average Bonchev–Trinajstić information content (AvgIpc) is 2.76. The Bertz CT molecular complexity index is 1140. The number of hydrogen-bond acceptors (Lipinski definition) is 4. The van der Waals surface area contributed by atoms with Crippen LogP contribution >= 0.6 is 0 Å². The summed E-state index contributed by atoms with van der Waals surface area (Å²) in [6.07, 6.45) is 0. The summed E-state index contributed by atoms with van der Waals surface area (Å²) in [5.74, 6) is 0.702. The van der Waals surface area contributed by atoms with Crippen LogP contribution in [0.5, 0.6) is 11.5 Å². The zero-order chi connectivity index (χ0) is 23.3. The van der Waals surface area contributed by atoms with Gasteiger partial charge in [0.25, 0.3) is 5.91 Å². The van der Waals surface area contributed by atoms with E-state index in [4.69, 9.17) is 15.2 Å². The minimum atomic E-state index is -0.516. The molecule has 0 atom stereocenters. The van der Waals surface area contributed by atoms with Crippen LogP contribution in [0.2, 0.25) is 0 Å². The first-order valence-corrected chi connectivity index (χ1v) is 10.5. The Kier molecular flexibility index (Phi) is 7.15. The smallest absolute Gasteiger partial charge is 0.255 e. The number of rotatable bonds is 8. The SMILES string of the molecule is CCOc1ccc(C(=O)Nc2ccc(C(N)=O)cc2)cc1COc1cc(C)cc(C)c1C. The minimum absolute atomic E-state index is 0.271. The van der Waals surface area contributed by atoms with Crippen LogP contribution < -0.4 is 20.5 Å². The number of ether oxygens (including phenoxy) is 2. The van der Waals surface area contributed by atoms with Crippen LogP contribution in [-0.2, 0) is 6.61 Å². The molecule has 0 spiro atoms. The predicted octanol–water partition coefficient (Wildman–Crippen LogP) is 4.94. The molecule has 3 N–H and O–H groups in total. The Morgan fingerprint density at radius 3 is 2.22 bits per heavy atom. The molecule has 32 heavy (non-hydrogen) atoms. The van der Waals surface area contributed by atoms with Gasteiger partial charge in [0, 0.05) is 22.4 Å². The lowest BCUT2D eigenvalue weighted by atomic mass is 10.1. The Morgan fingerprint density at radius 1 is 0.875 bits per heavy atom. The molecule has 0 saturated carbocycles. The molecule has 6 nitrogen and oxygen atoms in total. The molecule has 0 aliphatic carbocycles. The quantitative estimate of drug-likeness (QED) is 0.527. The number of nitrogens with one attached hydrogen (secondary N) is 1. The first kappa shape index (κ1) is 22.9. The molecule has 3 aromatic carbocycles. The molecule has 0 bridgehead atoms. The summed E-state index contributed by atoms with van der Waals surface area (Å²) in [7, 11) is 0. The monoisotopic (exact) mass is 432 g/mol. The third kappa shape index (κ3) is 5.46. The number of primary amides is 1. The molecular formula is C26H28N2O4.